The number of hydrogen-bond acceptors (Lipinski definition) is 4. The van der Waals surface area contributed by atoms with Crippen molar-refractivity contribution in [2.75, 3.05) is 11.9 Å². The zero-order chi connectivity index (χ0) is 12.1. The maximum Gasteiger partial charge on any atom is 0.213 e. The van der Waals surface area contributed by atoms with Gasteiger partial charge in [0.1, 0.15) is 5.82 Å². The molecule has 2 heterocycles. The largest absolute Gasteiger partial charge is 0.478 e. The topological polar surface area (TPSA) is 52.0 Å². The molecule has 0 spiro atoms. The Labute approximate surface area is 100 Å². The van der Waals surface area contributed by atoms with Crippen molar-refractivity contribution in [2.24, 2.45) is 7.05 Å². The van der Waals surface area contributed by atoms with Gasteiger partial charge >= 0.3 is 0 Å². The predicted octanol–water partition coefficient (Wildman–Crippen LogP) is 1.83. The summed E-state index contributed by atoms with van der Waals surface area (Å²) >= 11 is 0. The van der Waals surface area contributed by atoms with Crippen LogP contribution in [-0.4, -0.2) is 21.1 Å². The van der Waals surface area contributed by atoms with Crippen LogP contribution in [0.25, 0.3) is 0 Å². The fraction of sp³-hybridized carbons (Fsp3) is 0.333. The molecule has 5 nitrogen and oxygen atoms in total. The van der Waals surface area contributed by atoms with Crippen LogP contribution in [0.5, 0.6) is 5.88 Å². The van der Waals surface area contributed by atoms with Gasteiger partial charge in [-0.3, -0.25) is 0 Å². The second-order valence-corrected chi connectivity index (χ2v) is 3.63. The van der Waals surface area contributed by atoms with Gasteiger partial charge in [0.15, 0.2) is 0 Å². The molecule has 0 aliphatic rings. The lowest BCUT2D eigenvalue weighted by Crippen LogP contribution is -2.05. The van der Waals surface area contributed by atoms with Gasteiger partial charge in [0.2, 0.25) is 5.88 Å². The number of imidazole rings is 1. The van der Waals surface area contributed by atoms with Crippen LogP contribution < -0.4 is 10.1 Å². The molecule has 0 atom stereocenters. The van der Waals surface area contributed by atoms with Gasteiger partial charge in [0, 0.05) is 25.5 Å². The number of nitrogens with zero attached hydrogens (tertiary/aromatic N) is 3. The molecule has 1 N–H and O–H groups in total. The summed E-state index contributed by atoms with van der Waals surface area (Å²) in [6, 6.07) is 3.80. The third kappa shape index (κ3) is 2.96. The van der Waals surface area contributed by atoms with Crippen LogP contribution >= 0.6 is 0 Å². The van der Waals surface area contributed by atoms with Crippen LogP contribution in [0.2, 0.25) is 0 Å². The Kier molecular flexibility index (Phi) is 3.59. The average molecular weight is 232 g/mol. The van der Waals surface area contributed by atoms with Gasteiger partial charge in [-0.15, -0.1) is 0 Å². The molecule has 0 amide bonds. The number of ether oxygens (including phenoxy) is 1. The Hall–Kier alpha value is -2.04. The van der Waals surface area contributed by atoms with Crippen LogP contribution in [0, 0.1) is 0 Å². The van der Waals surface area contributed by atoms with Crippen LogP contribution in [-0.2, 0) is 13.6 Å². The summed E-state index contributed by atoms with van der Waals surface area (Å²) in [5, 5.41) is 3.26. The van der Waals surface area contributed by atoms with E-state index in [0.29, 0.717) is 19.0 Å². The van der Waals surface area contributed by atoms with E-state index in [1.54, 1.807) is 12.4 Å². The predicted molar refractivity (Wildman–Crippen MR) is 65.9 cm³/mol. The molecule has 0 fully saturated rings. The Morgan fingerprint density at radius 1 is 1.35 bits per heavy atom. The molecular formula is C12H16N4O. The summed E-state index contributed by atoms with van der Waals surface area (Å²) in [5.41, 5.74) is 0.955. The Morgan fingerprint density at radius 3 is 2.82 bits per heavy atom. The number of rotatable bonds is 5. The Morgan fingerprint density at radius 2 is 2.24 bits per heavy atom. The first-order valence-corrected chi connectivity index (χ1v) is 5.58. The minimum atomic E-state index is 0.632. The third-order valence-electron chi connectivity index (χ3n) is 2.40. The van der Waals surface area contributed by atoms with Crippen molar-refractivity contribution in [3.8, 4) is 5.88 Å². The van der Waals surface area contributed by atoms with Crippen LogP contribution in [0.4, 0.5) is 5.69 Å². The minimum absolute atomic E-state index is 0.632. The monoisotopic (exact) mass is 232 g/mol. The van der Waals surface area contributed by atoms with Crippen molar-refractivity contribution in [1.82, 2.24) is 14.5 Å². The highest BCUT2D eigenvalue weighted by Gasteiger charge is 1.99. The standard InChI is InChI=1S/C12H16N4O/c1-3-17-12-5-4-10(8-15-12)14-9-11-13-6-7-16(11)2/h4-8,14H,3,9H2,1-2H3. The van der Waals surface area contributed by atoms with E-state index < -0.39 is 0 Å². The van der Waals surface area contributed by atoms with Crippen molar-refractivity contribution in [3.63, 3.8) is 0 Å². The Bertz CT molecular complexity index is 464. The van der Waals surface area contributed by atoms with Gasteiger partial charge in [-0.05, 0) is 13.0 Å². The van der Waals surface area contributed by atoms with E-state index in [4.69, 9.17) is 4.74 Å². The van der Waals surface area contributed by atoms with Crippen molar-refractivity contribution in [2.45, 2.75) is 13.5 Å². The van der Waals surface area contributed by atoms with Gasteiger partial charge in [0.05, 0.1) is 25.0 Å². The first-order chi connectivity index (χ1) is 8.29. The molecule has 17 heavy (non-hydrogen) atoms. The molecule has 0 aromatic carbocycles. The fourth-order valence-corrected chi connectivity index (χ4v) is 1.47. The van der Waals surface area contributed by atoms with Gasteiger partial charge < -0.3 is 14.6 Å². The summed E-state index contributed by atoms with van der Waals surface area (Å²) in [5.74, 6) is 1.63. The van der Waals surface area contributed by atoms with Crippen LogP contribution in [0.3, 0.4) is 0 Å². The van der Waals surface area contributed by atoms with E-state index in [1.165, 1.54) is 0 Å². The SMILES string of the molecule is CCOc1ccc(NCc2nccn2C)cn1. The molecule has 2 aromatic rings. The first-order valence-electron chi connectivity index (χ1n) is 5.58. The lowest BCUT2D eigenvalue weighted by molar-refractivity contribution is 0.327. The molecule has 2 aromatic heterocycles. The maximum absolute atomic E-state index is 5.27. The van der Waals surface area contributed by atoms with Gasteiger partial charge in [0.25, 0.3) is 0 Å². The van der Waals surface area contributed by atoms with Gasteiger partial charge in [-0.1, -0.05) is 0 Å². The fourth-order valence-electron chi connectivity index (χ4n) is 1.47. The lowest BCUT2D eigenvalue weighted by atomic mass is 10.4. The molecule has 0 saturated carbocycles. The third-order valence-corrected chi connectivity index (χ3v) is 2.40. The zero-order valence-electron chi connectivity index (χ0n) is 10.1. The van der Waals surface area contributed by atoms with E-state index in [0.717, 1.165) is 11.5 Å². The zero-order valence-corrected chi connectivity index (χ0v) is 10.1. The number of pyridine rings is 1. The number of anilines is 1. The molecule has 0 aliphatic carbocycles. The molecule has 5 heteroatoms. The number of nitrogens with one attached hydrogen (secondary N) is 1. The molecule has 0 radical (unpaired) electrons. The van der Waals surface area contributed by atoms with Crippen LogP contribution in [0.15, 0.2) is 30.7 Å². The van der Waals surface area contributed by atoms with Gasteiger partial charge in [-0.2, -0.15) is 0 Å². The maximum atomic E-state index is 5.27. The second-order valence-electron chi connectivity index (χ2n) is 3.63. The quantitative estimate of drug-likeness (QED) is 0.854. The summed E-state index contributed by atoms with van der Waals surface area (Å²) in [7, 11) is 1.97. The molecule has 2 rings (SSSR count). The molecule has 90 valence electrons. The van der Waals surface area contributed by atoms with E-state index in [1.807, 2.05) is 36.9 Å². The molecule has 0 aliphatic heterocycles. The molecular weight excluding hydrogens is 216 g/mol. The highest BCUT2D eigenvalue weighted by atomic mass is 16.5. The van der Waals surface area contributed by atoms with E-state index in [-0.39, 0.29) is 0 Å². The van der Waals surface area contributed by atoms with Crippen molar-refractivity contribution < 1.29 is 4.74 Å². The number of hydrogen-bond donors (Lipinski definition) is 1. The summed E-state index contributed by atoms with van der Waals surface area (Å²) in [6.07, 6.45) is 5.47. The van der Waals surface area contributed by atoms with Crippen molar-refractivity contribution >= 4 is 5.69 Å². The second kappa shape index (κ2) is 5.34. The van der Waals surface area contributed by atoms with E-state index >= 15 is 0 Å². The minimum Gasteiger partial charge on any atom is -0.478 e. The molecule has 0 unspecified atom stereocenters. The highest BCUT2D eigenvalue weighted by Crippen LogP contribution is 2.12. The summed E-state index contributed by atoms with van der Waals surface area (Å²) < 4.78 is 7.26. The van der Waals surface area contributed by atoms with E-state index in [2.05, 4.69) is 15.3 Å². The average Bonchev–Trinajstić information content (AvgIpc) is 2.75. The highest BCUT2D eigenvalue weighted by molar-refractivity contribution is 5.42. The van der Waals surface area contributed by atoms with E-state index in [9.17, 15) is 0 Å². The first kappa shape index (κ1) is 11.4. The van der Waals surface area contributed by atoms with Crippen molar-refractivity contribution in [3.05, 3.63) is 36.5 Å². The normalized spacial score (nSPS) is 10.2. The summed E-state index contributed by atoms with van der Waals surface area (Å²) in [6.45, 7) is 3.25. The summed E-state index contributed by atoms with van der Waals surface area (Å²) in [4.78, 5) is 8.41. The van der Waals surface area contributed by atoms with Crippen molar-refractivity contribution in [1.29, 1.82) is 0 Å². The van der Waals surface area contributed by atoms with Crippen LogP contribution in [0.1, 0.15) is 12.7 Å². The number of aromatic nitrogens is 3. The lowest BCUT2D eigenvalue weighted by Gasteiger charge is -2.07. The Balaban J connectivity index is 1.93. The van der Waals surface area contributed by atoms with Gasteiger partial charge in [-0.25, -0.2) is 9.97 Å². The molecule has 0 bridgehead atoms. The molecule has 0 saturated heterocycles. The smallest absolute Gasteiger partial charge is 0.213 e. The number of aryl methyl sites for hydroxylation is 1.